The van der Waals surface area contributed by atoms with E-state index in [1.807, 2.05) is 18.7 Å². The van der Waals surface area contributed by atoms with E-state index in [-0.39, 0.29) is 12.1 Å². The van der Waals surface area contributed by atoms with Gasteiger partial charge in [-0.25, -0.2) is 4.79 Å². The number of aromatic amines is 1. The molecule has 2 N–H and O–H groups in total. The second-order valence-corrected chi connectivity index (χ2v) is 8.53. The van der Waals surface area contributed by atoms with Crippen LogP contribution >= 0.6 is 0 Å². The summed E-state index contributed by atoms with van der Waals surface area (Å²) in [7, 11) is 2.20. The summed E-state index contributed by atoms with van der Waals surface area (Å²) in [5, 5.41) is 4.65. The fourth-order valence-electron chi connectivity index (χ4n) is 5.14. The van der Waals surface area contributed by atoms with Crippen molar-refractivity contribution in [1.82, 2.24) is 20.1 Å². The molecular formula is C23H30N4O. The number of carbonyl (C=O) groups is 1. The van der Waals surface area contributed by atoms with Gasteiger partial charge >= 0.3 is 6.03 Å². The molecule has 2 aromatic rings. The van der Waals surface area contributed by atoms with Crippen LogP contribution in [0.3, 0.4) is 0 Å². The van der Waals surface area contributed by atoms with E-state index in [1.165, 1.54) is 46.1 Å². The van der Waals surface area contributed by atoms with Gasteiger partial charge in [-0.2, -0.15) is 0 Å². The lowest BCUT2D eigenvalue weighted by molar-refractivity contribution is 0.193. The van der Waals surface area contributed by atoms with Crippen molar-refractivity contribution in [3.8, 4) is 0 Å². The summed E-state index contributed by atoms with van der Waals surface area (Å²) < 4.78 is 0. The zero-order chi connectivity index (χ0) is 19.4. The van der Waals surface area contributed by atoms with Gasteiger partial charge in [-0.05, 0) is 68.8 Å². The van der Waals surface area contributed by atoms with E-state index < -0.39 is 0 Å². The zero-order valence-electron chi connectivity index (χ0n) is 17.1. The number of hydrogen-bond acceptors (Lipinski definition) is 2. The van der Waals surface area contributed by atoms with Crippen LogP contribution in [-0.4, -0.2) is 59.6 Å². The predicted octanol–water partition coefficient (Wildman–Crippen LogP) is 3.72. The second kappa shape index (κ2) is 6.66. The third-order valence-electron chi connectivity index (χ3n) is 6.77. The van der Waals surface area contributed by atoms with Gasteiger partial charge in [-0.3, -0.25) is 4.90 Å². The number of nitrogens with one attached hydrogen (secondary N) is 2. The van der Waals surface area contributed by atoms with Crippen molar-refractivity contribution < 1.29 is 4.79 Å². The minimum atomic E-state index is 0.0334. The van der Waals surface area contributed by atoms with E-state index >= 15 is 0 Å². The van der Waals surface area contributed by atoms with Gasteiger partial charge < -0.3 is 15.2 Å². The van der Waals surface area contributed by atoms with Gasteiger partial charge in [0.15, 0.2) is 0 Å². The molecule has 0 bridgehead atoms. The molecule has 2 amide bonds. The summed E-state index contributed by atoms with van der Waals surface area (Å²) in [5.74, 6) is 0.732. The Morgan fingerprint density at radius 2 is 2.07 bits per heavy atom. The molecule has 2 atom stereocenters. The van der Waals surface area contributed by atoms with Crippen LogP contribution in [0.15, 0.2) is 24.3 Å². The van der Waals surface area contributed by atoms with Crippen LogP contribution < -0.4 is 5.32 Å². The van der Waals surface area contributed by atoms with E-state index in [0.717, 1.165) is 32.0 Å². The number of urea groups is 1. The normalized spacial score (nSPS) is 24.0. The lowest BCUT2D eigenvalue weighted by Crippen LogP contribution is -2.52. The van der Waals surface area contributed by atoms with Crippen LogP contribution in [-0.2, 0) is 6.42 Å². The molecule has 2 heterocycles. The molecule has 1 aliphatic heterocycles. The molecule has 1 aromatic carbocycles. The Morgan fingerprint density at radius 1 is 1.29 bits per heavy atom. The summed E-state index contributed by atoms with van der Waals surface area (Å²) in [6.45, 7) is 6.38. The molecule has 5 rings (SSSR count). The van der Waals surface area contributed by atoms with Crippen molar-refractivity contribution in [2.75, 3.05) is 26.7 Å². The van der Waals surface area contributed by atoms with Crippen LogP contribution in [0.25, 0.3) is 16.5 Å². The van der Waals surface area contributed by atoms with Crippen molar-refractivity contribution in [3.63, 3.8) is 0 Å². The summed E-state index contributed by atoms with van der Waals surface area (Å²) in [4.78, 5) is 20.6. The van der Waals surface area contributed by atoms with Gasteiger partial charge in [0.05, 0.1) is 6.04 Å². The zero-order valence-corrected chi connectivity index (χ0v) is 17.1. The first kappa shape index (κ1) is 17.8. The van der Waals surface area contributed by atoms with Gasteiger partial charge in [0.25, 0.3) is 0 Å². The molecule has 0 saturated heterocycles. The molecule has 5 heteroatoms. The molecule has 0 spiro atoms. The topological polar surface area (TPSA) is 51.4 Å². The molecule has 0 radical (unpaired) electrons. The number of amides is 2. The van der Waals surface area contributed by atoms with Crippen molar-refractivity contribution in [2.45, 2.75) is 51.1 Å². The van der Waals surface area contributed by atoms with Crippen molar-refractivity contribution in [2.24, 2.45) is 0 Å². The van der Waals surface area contributed by atoms with Crippen LogP contribution in [0, 0.1) is 0 Å². The van der Waals surface area contributed by atoms with Crippen molar-refractivity contribution in [3.05, 3.63) is 41.1 Å². The van der Waals surface area contributed by atoms with E-state index in [9.17, 15) is 4.79 Å². The predicted molar refractivity (Wildman–Crippen MR) is 114 cm³/mol. The molecule has 148 valence electrons. The molecule has 1 fully saturated rings. The standard InChI is InChI=1S/C23H30N4O/c1-4-27(5-2)23(28)24-15-11-17-16-7-6-8-19-21(16)18(12-20(17)26(3)13-15)22(25-19)14-9-10-14/h6-8,11,14-15,20,25H,4-5,9-10,12-13H2,1-3H3,(H,24,28). The number of benzene rings is 1. The molecule has 1 saturated carbocycles. The third-order valence-corrected chi connectivity index (χ3v) is 6.77. The molecule has 1 aromatic heterocycles. The molecule has 2 unspecified atom stereocenters. The lowest BCUT2D eigenvalue weighted by Gasteiger charge is -2.40. The van der Waals surface area contributed by atoms with Gasteiger partial charge in [0.2, 0.25) is 0 Å². The Balaban J connectivity index is 1.53. The van der Waals surface area contributed by atoms with Gasteiger partial charge in [-0.15, -0.1) is 0 Å². The van der Waals surface area contributed by atoms with Gasteiger partial charge in [-0.1, -0.05) is 18.2 Å². The molecule has 5 nitrogen and oxygen atoms in total. The van der Waals surface area contributed by atoms with Crippen LogP contribution in [0.1, 0.15) is 49.4 Å². The first-order valence-electron chi connectivity index (χ1n) is 10.7. The lowest BCUT2D eigenvalue weighted by atomic mass is 9.80. The molecular weight excluding hydrogens is 348 g/mol. The average molecular weight is 379 g/mol. The summed E-state index contributed by atoms with van der Waals surface area (Å²) in [5.41, 5.74) is 7.00. The Kier molecular flexibility index (Phi) is 4.23. The fraction of sp³-hybridized carbons (Fsp3) is 0.522. The summed E-state index contributed by atoms with van der Waals surface area (Å²) >= 11 is 0. The Morgan fingerprint density at radius 3 is 2.79 bits per heavy atom. The average Bonchev–Trinajstić information content (AvgIpc) is 3.46. The minimum Gasteiger partial charge on any atom is -0.358 e. The van der Waals surface area contributed by atoms with Gasteiger partial charge in [0, 0.05) is 42.3 Å². The highest BCUT2D eigenvalue weighted by atomic mass is 16.2. The number of hydrogen-bond donors (Lipinski definition) is 2. The SMILES string of the molecule is CCN(CC)C(=O)NC1C=C2c3cccc4[nH]c(C5CC5)c(c34)CC2N(C)C1. The highest BCUT2D eigenvalue weighted by Crippen LogP contribution is 2.48. The third kappa shape index (κ3) is 2.75. The maximum absolute atomic E-state index is 12.6. The van der Waals surface area contributed by atoms with E-state index in [0.29, 0.717) is 6.04 Å². The van der Waals surface area contributed by atoms with Crippen LogP contribution in [0.2, 0.25) is 0 Å². The van der Waals surface area contributed by atoms with Gasteiger partial charge in [0.1, 0.15) is 0 Å². The highest BCUT2D eigenvalue weighted by Gasteiger charge is 2.38. The fourth-order valence-corrected chi connectivity index (χ4v) is 5.14. The first-order valence-corrected chi connectivity index (χ1v) is 10.7. The number of likely N-dealkylation sites (N-methyl/N-ethyl adjacent to an activating group) is 1. The maximum atomic E-state index is 12.6. The quantitative estimate of drug-likeness (QED) is 0.852. The molecule has 28 heavy (non-hydrogen) atoms. The van der Waals surface area contributed by atoms with E-state index in [4.69, 9.17) is 0 Å². The second-order valence-electron chi connectivity index (χ2n) is 8.53. The van der Waals surface area contributed by atoms with E-state index in [2.05, 4.69) is 46.5 Å². The number of nitrogens with zero attached hydrogens (tertiary/aromatic N) is 2. The smallest absolute Gasteiger partial charge is 0.317 e. The monoisotopic (exact) mass is 378 g/mol. The Hall–Kier alpha value is -2.27. The van der Waals surface area contributed by atoms with E-state index in [1.54, 1.807) is 0 Å². The number of carbonyl (C=O) groups excluding carboxylic acids is 1. The van der Waals surface area contributed by atoms with Crippen molar-refractivity contribution >= 4 is 22.5 Å². The highest BCUT2D eigenvalue weighted by molar-refractivity contribution is 5.99. The molecule has 2 aliphatic carbocycles. The number of H-pyrrole nitrogens is 1. The number of rotatable bonds is 4. The first-order chi connectivity index (χ1) is 13.6. The minimum absolute atomic E-state index is 0.0334. The Labute approximate surface area is 166 Å². The summed E-state index contributed by atoms with van der Waals surface area (Å²) in [6, 6.07) is 7.11. The number of fused-ring (bicyclic) bond motifs is 2. The van der Waals surface area contributed by atoms with Crippen LogP contribution in [0.4, 0.5) is 4.79 Å². The number of aromatic nitrogens is 1. The molecule has 3 aliphatic rings. The largest absolute Gasteiger partial charge is 0.358 e. The van der Waals surface area contributed by atoms with Crippen LogP contribution in [0.5, 0.6) is 0 Å². The summed E-state index contributed by atoms with van der Waals surface area (Å²) in [6.07, 6.45) is 6.02. The maximum Gasteiger partial charge on any atom is 0.317 e. The van der Waals surface area contributed by atoms with Crippen molar-refractivity contribution in [1.29, 1.82) is 0 Å². The Bertz CT molecular complexity index is 951.